The van der Waals surface area contributed by atoms with E-state index in [1.807, 2.05) is 0 Å². The molecular formula is C15H18F2N4O2. The predicted octanol–water partition coefficient (Wildman–Crippen LogP) is 1.44. The topological polar surface area (TPSA) is 79.2 Å². The molecule has 0 saturated carbocycles. The molecule has 0 aliphatic carbocycles. The van der Waals surface area contributed by atoms with Crippen molar-refractivity contribution in [3.63, 3.8) is 0 Å². The van der Waals surface area contributed by atoms with Crippen molar-refractivity contribution < 1.29 is 18.7 Å². The van der Waals surface area contributed by atoms with E-state index in [1.165, 1.54) is 23.0 Å². The molecule has 0 saturated heterocycles. The Morgan fingerprint density at radius 3 is 2.70 bits per heavy atom. The van der Waals surface area contributed by atoms with Gasteiger partial charge in [-0.2, -0.15) is 5.10 Å². The minimum absolute atomic E-state index is 0.0185. The van der Waals surface area contributed by atoms with Gasteiger partial charge < -0.3 is 15.7 Å². The molecule has 0 bridgehead atoms. The summed E-state index contributed by atoms with van der Waals surface area (Å²) in [7, 11) is 0. The van der Waals surface area contributed by atoms with E-state index in [4.69, 9.17) is 5.11 Å². The van der Waals surface area contributed by atoms with Gasteiger partial charge in [-0.15, -0.1) is 0 Å². The number of anilines is 1. The molecule has 1 aromatic carbocycles. The molecule has 1 amide bonds. The lowest BCUT2D eigenvalue weighted by Gasteiger charge is -2.14. The summed E-state index contributed by atoms with van der Waals surface area (Å²) in [6.07, 6.45) is 3.14. The molecule has 8 heteroatoms. The Hall–Kier alpha value is -2.48. The van der Waals surface area contributed by atoms with E-state index >= 15 is 0 Å². The van der Waals surface area contributed by atoms with E-state index in [9.17, 15) is 13.6 Å². The molecule has 124 valence electrons. The molecule has 0 fully saturated rings. The Kier molecular flexibility index (Phi) is 5.64. The largest absolute Gasteiger partial charge is 0.395 e. The van der Waals surface area contributed by atoms with Gasteiger partial charge in [0.25, 0.3) is 0 Å². The molecule has 23 heavy (non-hydrogen) atoms. The van der Waals surface area contributed by atoms with Crippen molar-refractivity contribution in [3.8, 4) is 0 Å². The molecule has 1 heterocycles. The number of aliphatic hydroxyl groups excluding tert-OH is 1. The second-order valence-corrected chi connectivity index (χ2v) is 5.07. The normalized spacial score (nSPS) is 12.0. The van der Waals surface area contributed by atoms with E-state index < -0.39 is 11.6 Å². The molecule has 0 aliphatic heterocycles. The van der Waals surface area contributed by atoms with Gasteiger partial charge in [-0.25, -0.2) is 8.78 Å². The highest BCUT2D eigenvalue weighted by atomic mass is 19.1. The van der Waals surface area contributed by atoms with Crippen molar-refractivity contribution in [2.24, 2.45) is 0 Å². The van der Waals surface area contributed by atoms with Crippen LogP contribution in [0.3, 0.4) is 0 Å². The van der Waals surface area contributed by atoms with Crippen LogP contribution < -0.4 is 10.6 Å². The third-order valence-corrected chi connectivity index (χ3v) is 3.14. The van der Waals surface area contributed by atoms with Gasteiger partial charge in [0.15, 0.2) is 0 Å². The Morgan fingerprint density at radius 2 is 2.04 bits per heavy atom. The second-order valence-electron chi connectivity index (χ2n) is 5.07. The maximum absolute atomic E-state index is 13.2. The van der Waals surface area contributed by atoms with Gasteiger partial charge in [0.05, 0.1) is 18.5 Å². The molecule has 1 atom stereocenters. The Morgan fingerprint density at radius 1 is 1.35 bits per heavy atom. The molecule has 2 rings (SSSR count). The van der Waals surface area contributed by atoms with E-state index in [2.05, 4.69) is 15.7 Å². The number of rotatable bonds is 7. The number of nitrogens with one attached hydrogen (secondary N) is 2. The van der Waals surface area contributed by atoms with Gasteiger partial charge in [0.2, 0.25) is 5.91 Å². The fourth-order valence-electron chi connectivity index (χ4n) is 2.08. The summed E-state index contributed by atoms with van der Waals surface area (Å²) < 4.78 is 27.9. The van der Waals surface area contributed by atoms with Gasteiger partial charge >= 0.3 is 0 Å². The summed E-state index contributed by atoms with van der Waals surface area (Å²) in [5, 5.41) is 18.2. The van der Waals surface area contributed by atoms with E-state index in [-0.39, 0.29) is 31.6 Å². The van der Waals surface area contributed by atoms with Crippen LogP contribution in [-0.2, 0) is 11.3 Å². The van der Waals surface area contributed by atoms with Crippen LogP contribution in [0.4, 0.5) is 14.5 Å². The van der Waals surface area contributed by atoms with Crippen LogP contribution in [0.2, 0.25) is 0 Å². The van der Waals surface area contributed by atoms with Crippen molar-refractivity contribution in [1.29, 1.82) is 0 Å². The first kappa shape index (κ1) is 16.9. The highest BCUT2D eigenvalue weighted by molar-refractivity contribution is 5.75. The minimum Gasteiger partial charge on any atom is -0.395 e. The number of aromatic nitrogens is 2. The van der Waals surface area contributed by atoms with Gasteiger partial charge in [0.1, 0.15) is 18.2 Å². The zero-order valence-electron chi connectivity index (χ0n) is 12.6. The van der Waals surface area contributed by atoms with Crippen molar-refractivity contribution in [2.45, 2.75) is 19.5 Å². The summed E-state index contributed by atoms with van der Waals surface area (Å²) in [6, 6.07) is 3.00. The third-order valence-electron chi connectivity index (χ3n) is 3.14. The van der Waals surface area contributed by atoms with E-state index in [0.717, 1.165) is 6.07 Å². The van der Waals surface area contributed by atoms with E-state index in [0.29, 0.717) is 11.3 Å². The number of carbonyl (C=O) groups excluding carboxylic acids is 1. The first-order valence-electron chi connectivity index (χ1n) is 7.10. The highest BCUT2D eigenvalue weighted by Crippen LogP contribution is 2.20. The van der Waals surface area contributed by atoms with Crippen LogP contribution >= 0.6 is 0 Å². The molecule has 0 radical (unpaired) electrons. The van der Waals surface area contributed by atoms with Crippen LogP contribution in [-0.4, -0.2) is 33.9 Å². The standard InChI is InChI=1S/C15H18F2N4O2/c1-10(11-4-12(16)6-13(17)5-11)20-14-7-19-21(8-14)9-15(23)18-2-3-22/h4-8,10,20,22H,2-3,9H2,1H3,(H,18,23). The van der Waals surface area contributed by atoms with Gasteiger partial charge in [0, 0.05) is 24.8 Å². The number of aliphatic hydroxyl groups is 1. The van der Waals surface area contributed by atoms with Crippen LogP contribution in [0, 0.1) is 11.6 Å². The zero-order chi connectivity index (χ0) is 16.8. The number of carbonyl (C=O) groups is 1. The van der Waals surface area contributed by atoms with Gasteiger partial charge in [-0.1, -0.05) is 0 Å². The quantitative estimate of drug-likeness (QED) is 0.720. The molecule has 0 spiro atoms. The zero-order valence-corrected chi connectivity index (χ0v) is 12.6. The monoisotopic (exact) mass is 324 g/mol. The summed E-state index contributed by atoms with van der Waals surface area (Å²) in [5.41, 5.74) is 1.09. The predicted molar refractivity (Wildman–Crippen MR) is 80.7 cm³/mol. The highest BCUT2D eigenvalue weighted by Gasteiger charge is 2.10. The third kappa shape index (κ3) is 5.03. The Labute approximate surface area is 132 Å². The average Bonchev–Trinajstić information content (AvgIpc) is 2.91. The molecule has 6 nitrogen and oxygen atoms in total. The van der Waals surface area contributed by atoms with Crippen molar-refractivity contribution >= 4 is 11.6 Å². The first-order chi connectivity index (χ1) is 11.0. The Bertz CT molecular complexity index is 655. The van der Waals surface area contributed by atoms with Crippen LogP contribution in [0.25, 0.3) is 0 Å². The van der Waals surface area contributed by atoms with E-state index in [1.54, 1.807) is 13.1 Å². The lowest BCUT2D eigenvalue weighted by Crippen LogP contribution is -2.30. The number of amides is 1. The smallest absolute Gasteiger partial charge is 0.241 e. The molecule has 2 aromatic rings. The SMILES string of the molecule is CC(Nc1cnn(CC(=O)NCCO)c1)c1cc(F)cc(F)c1. The van der Waals surface area contributed by atoms with Gasteiger partial charge in [-0.05, 0) is 24.6 Å². The number of benzene rings is 1. The number of hydrogen-bond donors (Lipinski definition) is 3. The maximum Gasteiger partial charge on any atom is 0.241 e. The lowest BCUT2D eigenvalue weighted by molar-refractivity contribution is -0.122. The molecule has 1 aromatic heterocycles. The Balaban J connectivity index is 1.96. The average molecular weight is 324 g/mol. The fourth-order valence-corrected chi connectivity index (χ4v) is 2.08. The lowest BCUT2D eigenvalue weighted by atomic mass is 10.1. The van der Waals surface area contributed by atoms with Gasteiger partial charge in [-0.3, -0.25) is 9.48 Å². The molecule has 1 unspecified atom stereocenters. The summed E-state index contributed by atoms with van der Waals surface area (Å²) in [6.45, 7) is 1.84. The first-order valence-corrected chi connectivity index (χ1v) is 7.10. The molecule has 0 aliphatic rings. The number of halogens is 2. The number of hydrogen-bond acceptors (Lipinski definition) is 4. The summed E-state index contributed by atoms with van der Waals surface area (Å²) in [5.74, 6) is -1.54. The molecule has 3 N–H and O–H groups in total. The van der Waals surface area contributed by atoms with Crippen LogP contribution in [0.1, 0.15) is 18.5 Å². The summed E-state index contributed by atoms with van der Waals surface area (Å²) in [4.78, 5) is 11.5. The van der Waals surface area contributed by atoms with Crippen LogP contribution in [0.15, 0.2) is 30.6 Å². The fraction of sp³-hybridized carbons (Fsp3) is 0.333. The molecular weight excluding hydrogens is 306 g/mol. The number of nitrogens with zero attached hydrogens (tertiary/aromatic N) is 2. The summed E-state index contributed by atoms with van der Waals surface area (Å²) >= 11 is 0. The van der Waals surface area contributed by atoms with Crippen molar-refractivity contribution in [2.75, 3.05) is 18.5 Å². The van der Waals surface area contributed by atoms with Crippen molar-refractivity contribution in [1.82, 2.24) is 15.1 Å². The maximum atomic E-state index is 13.2. The second kappa shape index (κ2) is 7.68. The van der Waals surface area contributed by atoms with Crippen molar-refractivity contribution in [3.05, 3.63) is 47.8 Å². The van der Waals surface area contributed by atoms with Crippen LogP contribution in [0.5, 0.6) is 0 Å². The minimum atomic E-state index is -0.634.